The lowest BCUT2D eigenvalue weighted by Gasteiger charge is -2.18. The van der Waals surface area contributed by atoms with Gasteiger partial charge in [-0.15, -0.1) is 0 Å². The van der Waals surface area contributed by atoms with E-state index in [-0.39, 0.29) is 0 Å². The maximum atomic E-state index is 5.46. The second kappa shape index (κ2) is 27.0. The van der Waals surface area contributed by atoms with Crippen LogP contribution in [0.3, 0.4) is 0 Å². The molecule has 57 heavy (non-hydrogen) atoms. The van der Waals surface area contributed by atoms with Gasteiger partial charge in [0.1, 0.15) is 0 Å². The Kier molecular flexibility index (Phi) is 21.8. The molecule has 4 aromatic rings. The molecule has 0 aliphatic rings. The first-order valence-corrected chi connectivity index (χ1v) is 23.6. The van der Waals surface area contributed by atoms with E-state index in [0.29, 0.717) is 0 Å². The molecule has 0 unspecified atom stereocenters. The van der Waals surface area contributed by atoms with Gasteiger partial charge in [0, 0.05) is 0 Å². The summed E-state index contributed by atoms with van der Waals surface area (Å²) in [5.74, 6) is 0. The fourth-order valence-electron chi connectivity index (χ4n) is 8.45. The molecule has 0 amide bonds. The molecule has 0 aliphatic carbocycles. The average molecular weight is 767 g/mol. The summed E-state index contributed by atoms with van der Waals surface area (Å²) in [6, 6.07) is 31.7. The maximum Gasteiger partial charge on any atom is 0.0642 e. The van der Waals surface area contributed by atoms with Crippen molar-refractivity contribution in [1.82, 2.24) is 0 Å². The van der Waals surface area contributed by atoms with Crippen molar-refractivity contribution >= 4 is 22.8 Å². The van der Waals surface area contributed by atoms with E-state index in [1.165, 1.54) is 155 Å². The lowest BCUT2D eigenvalue weighted by Crippen LogP contribution is -2.09. The Bertz CT molecular complexity index is 1760. The maximum absolute atomic E-state index is 5.46. The molecule has 0 atom stereocenters. The van der Waals surface area contributed by atoms with Gasteiger partial charge in [-0.1, -0.05) is 185 Å². The lowest BCUT2D eigenvalue weighted by atomic mass is 9.88. The van der Waals surface area contributed by atoms with Crippen molar-refractivity contribution in [2.75, 3.05) is 0 Å². The number of unbranched alkanes of at least 4 members (excludes halogenated alkanes) is 14. The third-order valence-electron chi connectivity index (χ3n) is 11.8. The Morgan fingerprint density at radius 2 is 0.789 bits per heavy atom. The predicted octanol–water partition coefficient (Wildman–Crippen LogP) is 17.6. The molecule has 0 saturated heterocycles. The van der Waals surface area contributed by atoms with Crippen LogP contribution in [-0.4, -0.2) is 11.4 Å². The van der Waals surface area contributed by atoms with Crippen LogP contribution in [0, 0.1) is 0 Å². The zero-order valence-corrected chi connectivity index (χ0v) is 37.2. The number of rotatable bonds is 28. The number of hydrogen-bond acceptors (Lipinski definition) is 2. The van der Waals surface area contributed by atoms with Crippen LogP contribution >= 0.6 is 0 Å². The van der Waals surface area contributed by atoms with Crippen molar-refractivity contribution in [2.24, 2.45) is 9.98 Å². The molecule has 4 aromatic carbocycles. The Hall–Kier alpha value is -3.78. The van der Waals surface area contributed by atoms with E-state index < -0.39 is 0 Å². The zero-order chi connectivity index (χ0) is 40.5. The molecule has 0 N–H and O–H groups in total. The van der Waals surface area contributed by atoms with Gasteiger partial charge in [0.15, 0.2) is 0 Å². The van der Waals surface area contributed by atoms with E-state index in [1.807, 2.05) is 0 Å². The minimum Gasteiger partial charge on any atom is -0.252 e. The van der Waals surface area contributed by atoms with Gasteiger partial charge in [0.05, 0.1) is 22.8 Å². The molecule has 308 valence electrons. The van der Waals surface area contributed by atoms with E-state index in [0.717, 1.165) is 54.9 Å². The van der Waals surface area contributed by atoms with Crippen LogP contribution < -0.4 is 0 Å². The molecule has 0 radical (unpaired) electrons. The lowest BCUT2D eigenvalue weighted by molar-refractivity contribution is 0.605. The Morgan fingerprint density at radius 1 is 0.404 bits per heavy atom. The van der Waals surface area contributed by atoms with Gasteiger partial charge in [-0.25, -0.2) is 0 Å². The van der Waals surface area contributed by atoms with E-state index in [1.54, 1.807) is 5.56 Å². The van der Waals surface area contributed by atoms with Crippen molar-refractivity contribution in [3.05, 3.63) is 107 Å². The SMILES string of the molecule is CCCCCCCCc1cc(N=C(CC)C(C)=Nc2cc(CCCCCC)c(CCCCCCCC)c(-c3ccccc3)c2)cc(-c2ccccc2)c1CCCC. The van der Waals surface area contributed by atoms with Crippen LogP contribution in [0.2, 0.25) is 0 Å². The summed E-state index contributed by atoms with van der Waals surface area (Å²) in [4.78, 5) is 10.9. The molecule has 2 heteroatoms. The summed E-state index contributed by atoms with van der Waals surface area (Å²) in [7, 11) is 0. The molecule has 0 saturated carbocycles. The van der Waals surface area contributed by atoms with Gasteiger partial charge in [0.2, 0.25) is 0 Å². The summed E-state index contributed by atoms with van der Waals surface area (Å²) >= 11 is 0. The molecule has 0 aliphatic heterocycles. The van der Waals surface area contributed by atoms with Crippen molar-refractivity contribution in [1.29, 1.82) is 0 Å². The molecule has 2 nitrogen and oxygen atoms in total. The van der Waals surface area contributed by atoms with Crippen LogP contribution in [0.5, 0.6) is 0 Å². The van der Waals surface area contributed by atoms with Crippen LogP contribution in [0.15, 0.2) is 94.9 Å². The molecular weight excluding hydrogens is 689 g/mol. The van der Waals surface area contributed by atoms with Crippen molar-refractivity contribution < 1.29 is 0 Å². The molecular formula is C55H78N2. The second-order valence-corrected chi connectivity index (χ2v) is 16.6. The van der Waals surface area contributed by atoms with Crippen molar-refractivity contribution in [3.63, 3.8) is 0 Å². The summed E-state index contributed by atoms with van der Waals surface area (Å²) < 4.78 is 0. The second-order valence-electron chi connectivity index (χ2n) is 16.6. The van der Waals surface area contributed by atoms with E-state index in [2.05, 4.69) is 126 Å². The third kappa shape index (κ3) is 15.5. The third-order valence-corrected chi connectivity index (χ3v) is 11.8. The van der Waals surface area contributed by atoms with Crippen LogP contribution in [-0.2, 0) is 25.7 Å². The van der Waals surface area contributed by atoms with Gasteiger partial charge >= 0.3 is 0 Å². The van der Waals surface area contributed by atoms with Crippen LogP contribution in [0.4, 0.5) is 11.4 Å². The number of aryl methyl sites for hydroxylation is 2. The standard InChI is InChI=1S/C55H78N2/c1-7-12-16-19-21-26-37-48-41-50(43-54(51(48)38-15-10-4)46-34-29-24-30-35-46)57-55(11-5)44(6)56-49-40-47(36-25-18-14-9-3)52(39-31-22-20-17-13-8-2)53(42-49)45-32-27-23-28-33-45/h23-24,27-30,32-35,40-43H,7-22,25-26,31,36-39H2,1-6H3. The highest BCUT2D eigenvalue weighted by molar-refractivity contribution is 6.42. The van der Waals surface area contributed by atoms with Crippen LogP contribution in [0.1, 0.15) is 186 Å². The van der Waals surface area contributed by atoms with Gasteiger partial charge in [-0.3, -0.25) is 9.98 Å². The van der Waals surface area contributed by atoms with E-state index in [9.17, 15) is 0 Å². The first kappa shape index (κ1) is 45.9. The van der Waals surface area contributed by atoms with Crippen LogP contribution in [0.25, 0.3) is 22.3 Å². The smallest absolute Gasteiger partial charge is 0.0642 e. The molecule has 4 rings (SSSR count). The largest absolute Gasteiger partial charge is 0.252 e. The number of nitrogens with zero attached hydrogens (tertiary/aromatic N) is 2. The number of hydrogen-bond donors (Lipinski definition) is 0. The topological polar surface area (TPSA) is 24.7 Å². The quantitative estimate of drug-likeness (QED) is 0.0406. The minimum absolute atomic E-state index is 0.839. The average Bonchev–Trinajstić information content (AvgIpc) is 3.24. The van der Waals surface area contributed by atoms with Crippen molar-refractivity contribution in [3.8, 4) is 22.3 Å². The Morgan fingerprint density at radius 3 is 1.25 bits per heavy atom. The van der Waals surface area contributed by atoms with Gasteiger partial charge in [-0.2, -0.15) is 0 Å². The van der Waals surface area contributed by atoms with E-state index in [4.69, 9.17) is 9.98 Å². The highest BCUT2D eigenvalue weighted by Crippen LogP contribution is 2.36. The highest BCUT2D eigenvalue weighted by Gasteiger charge is 2.16. The molecule has 0 heterocycles. The zero-order valence-electron chi connectivity index (χ0n) is 37.2. The normalized spacial score (nSPS) is 12.1. The fraction of sp³-hybridized carbons (Fsp3) is 0.527. The van der Waals surface area contributed by atoms with Gasteiger partial charge in [0.25, 0.3) is 0 Å². The monoisotopic (exact) mass is 767 g/mol. The molecule has 0 fully saturated rings. The highest BCUT2D eigenvalue weighted by atomic mass is 14.8. The predicted molar refractivity (Wildman–Crippen MR) is 255 cm³/mol. The number of aliphatic imine (C=N–C) groups is 2. The van der Waals surface area contributed by atoms with Gasteiger partial charge in [-0.05, 0) is 133 Å². The summed E-state index contributed by atoms with van der Waals surface area (Å²) in [5, 5.41) is 0. The van der Waals surface area contributed by atoms with Crippen molar-refractivity contribution in [2.45, 2.75) is 189 Å². The molecule has 0 aromatic heterocycles. The van der Waals surface area contributed by atoms with Gasteiger partial charge < -0.3 is 0 Å². The Balaban J connectivity index is 1.76. The summed E-state index contributed by atoms with van der Waals surface area (Å²) in [6.45, 7) is 13.6. The number of benzene rings is 4. The fourth-order valence-corrected chi connectivity index (χ4v) is 8.45. The molecule has 0 bridgehead atoms. The first-order chi connectivity index (χ1) is 28.0. The summed E-state index contributed by atoms with van der Waals surface area (Å²) in [5.41, 5.74) is 15.6. The molecule has 0 spiro atoms. The van der Waals surface area contributed by atoms with E-state index >= 15 is 0 Å². The minimum atomic E-state index is 0.839. The first-order valence-electron chi connectivity index (χ1n) is 23.6. The Labute approximate surface area is 350 Å². The summed E-state index contributed by atoms with van der Waals surface area (Å²) in [6.07, 6.45) is 28.6.